The highest BCUT2D eigenvalue weighted by Gasteiger charge is 2.28. The number of carbonyl (C=O) groups is 2. The van der Waals surface area contributed by atoms with Gasteiger partial charge in [0.1, 0.15) is 10.9 Å². The highest BCUT2D eigenvalue weighted by Crippen LogP contribution is 2.18. The van der Waals surface area contributed by atoms with Crippen LogP contribution in [0.1, 0.15) is 39.5 Å². The third-order valence-corrected chi connectivity index (χ3v) is 3.13. The highest BCUT2D eigenvalue weighted by atomic mass is 79.9. The third kappa shape index (κ3) is 6.10. The van der Waals surface area contributed by atoms with Gasteiger partial charge < -0.3 is 9.47 Å². The molecule has 0 unspecified atom stereocenters. The van der Waals surface area contributed by atoms with Crippen molar-refractivity contribution < 1.29 is 19.1 Å². The summed E-state index contributed by atoms with van der Waals surface area (Å²) in [5, 5.41) is 0. The minimum Gasteiger partial charge on any atom is -0.468 e. The summed E-state index contributed by atoms with van der Waals surface area (Å²) in [4.78, 5) is 21.6. The van der Waals surface area contributed by atoms with E-state index in [2.05, 4.69) is 27.6 Å². The maximum Gasteiger partial charge on any atom is 0.323 e. The van der Waals surface area contributed by atoms with E-state index in [-0.39, 0.29) is 5.97 Å². The molecule has 4 nitrogen and oxygen atoms in total. The van der Waals surface area contributed by atoms with Gasteiger partial charge in [-0.25, -0.2) is 0 Å². The molecule has 2 atom stereocenters. The molecule has 0 aromatic heterocycles. The van der Waals surface area contributed by atoms with E-state index in [1.165, 1.54) is 14.0 Å². The van der Waals surface area contributed by atoms with Crippen LogP contribution < -0.4 is 0 Å². The molecule has 0 radical (unpaired) electrons. The predicted molar refractivity (Wildman–Crippen MR) is 64.4 cm³/mol. The quantitative estimate of drug-likeness (QED) is 0.411. The first-order valence-electron chi connectivity index (χ1n) is 5.42. The van der Waals surface area contributed by atoms with E-state index in [1.807, 2.05) is 0 Å². The first kappa shape index (κ1) is 15.4. The monoisotopic (exact) mass is 294 g/mol. The SMILES string of the molecule is CCCCC[C@H](OC(C)=O)[C@H](Br)C(=O)OC. The molecule has 0 bridgehead atoms. The Morgan fingerprint density at radius 2 is 1.94 bits per heavy atom. The van der Waals surface area contributed by atoms with Gasteiger partial charge in [-0.15, -0.1) is 0 Å². The number of halogens is 1. The fourth-order valence-electron chi connectivity index (χ4n) is 1.34. The van der Waals surface area contributed by atoms with Crippen LogP contribution in [0.4, 0.5) is 0 Å². The van der Waals surface area contributed by atoms with Crippen molar-refractivity contribution in [2.75, 3.05) is 7.11 Å². The Morgan fingerprint density at radius 1 is 1.31 bits per heavy atom. The van der Waals surface area contributed by atoms with Crippen LogP contribution in [0.15, 0.2) is 0 Å². The van der Waals surface area contributed by atoms with Crippen molar-refractivity contribution in [1.82, 2.24) is 0 Å². The van der Waals surface area contributed by atoms with Crippen molar-refractivity contribution in [2.24, 2.45) is 0 Å². The molecule has 0 aromatic rings. The van der Waals surface area contributed by atoms with E-state index in [0.29, 0.717) is 6.42 Å². The largest absolute Gasteiger partial charge is 0.468 e. The van der Waals surface area contributed by atoms with Gasteiger partial charge in [-0.1, -0.05) is 35.7 Å². The average molecular weight is 295 g/mol. The Labute approximate surface area is 105 Å². The maximum absolute atomic E-state index is 11.3. The number of alkyl halides is 1. The maximum atomic E-state index is 11.3. The summed E-state index contributed by atoms with van der Waals surface area (Å²) < 4.78 is 9.70. The van der Waals surface area contributed by atoms with Gasteiger partial charge >= 0.3 is 11.9 Å². The zero-order valence-electron chi connectivity index (χ0n) is 9.99. The zero-order valence-corrected chi connectivity index (χ0v) is 11.6. The summed E-state index contributed by atoms with van der Waals surface area (Å²) in [5.41, 5.74) is 0. The molecule has 94 valence electrons. The van der Waals surface area contributed by atoms with Gasteiger partial charge in [0.15, 0.2) is 0 Å². The van der Waals surface area contributed by atoms with Crippen LogP contribution in [0.2, 0.25) is 0 Å². The van der Waals surface area contributed by atoms with Gasteiger partial charge in [0.2, 0.25) is 0 Å². The number of hydrogen-bond acceptors (Lipinski definition) is 4. The number of ether oxygens (including phenoxy) is 2. The van der Waals surface area contributed by atoms with Crippen molar-refractivity contribution >= 4 is 27.9 Å². The zero-order chi connectivity index (χ0) is 12.6. The van der Waals surface area contributed by atoms with Crippen LogP contribution in [-0.2, 0) is 19.1 Å². The summed E-state index contributed by atoms with van der Waals surface area (Å²) in [6.45, 7) is 3.43. The molecule has 0 saturated carbocycles. The normalized spacial score (nSPS) is 14.0. The fraction of sp³-hybridized carbons (Fsp3) is 0.818. The minimum absolute atomic E-state index is 0.380. The van der Waals surface area contributed by atoms with Gasteiger partial charge in [-0.2, -0.15) is 0 Å². The number of carbonyl (C=O) groups excluding carboxylic acids is 2. The topological polar surface area (TPSA) is 52.6 Å². The molecular formula is C11H19BrO4. The Balaban J connectivity index is 4.28. The Bertz CT molecular complexity index is 230. The molecule has 0 aliphatic carbocycles. The second-order valence-electron chi connectivity index (χ2n) is 3.57. The molecule has 0 aliphatic rings. The second kappa shape index (κ2) is 8.56. The standard InChI is InChI=1S/C11H19BrO4/c1-4-5-6-7-9(16-8(2)13)10(12)11(14)15-3/h9-10H,4-7H2,1-3H3/t9-,10-/m0/s1. The Hall–Kier alpha value is -0.580. The first-order chi connectivity index (χ1) is 7.52. The molecule has 0 rings (SSSR count). The lowest BCUT2D eigenvalue weighted by Crippen LogP contribution is -2.33. The summed E-state index contributed by atoms with van der Waals surface area (Å²) >= 11 is 3.20. The first-order valence-corrected chi connectivity index (χ1v) is 6.33. The molecule has 5 heteroatoms. The predicted octanol–water partition coefficient (Wildman–Crippen LogP) is 2.43. The lowest BCUT2D eigenvalue weighted by Gasteiger charge is -2.20. The van der Waals surface area contributed by atoms with Crippen molar-refractivity contribution in [3.05, 3.63) is 0 Å². The number of rotatable bonds is 7. The van der Waals surface area contributed by atoms with Gasteiger partial charge in [0.25, 0.3) is 0 Å². The van der Waals surface area contributed by atoms with Crippen molar-refractivity contribution in [1.29, 1.82) is 0 Å². The number of methoxy groups -OCH3 is 1. The van der Waals surface area contributed by atoms with E-state index >= 15 is 0 Å². The number of esters is 2. The average Bonchev–Trinajstić information content (AvgIpc) is 2.25. The van der Waals surface area contributed by atoms with E-state index in [9.17, 15) is 9.59 Å². The lowest BCUT2D eigenvalue weighted by molar-refractivity contribution is -0.151. The van der Waals surface area contributed by atoms with Crippen LogP contribution in [0.25, 0.3) is 0 Å². The van der Waals surface area contributed by atoms with Gasteiger partial charge in [-0.05, 0) is 12.8 Å². The number of hydrogen-bond donors (Lipinski definition) is 0. The summed E-state index contributed by atoms with van der Waals surface area (Å²) in [6.07, 6.45) is 3.28. The van der Waals surface area contributed by atoms with Crippen molar-refractivity contribution in [3.8, 4) is 0 Å². The molecule has 0 heterocycles. The minimum atomic E-state index is -0.585. The molecule has 0 saturated heterocycles. The molecule has 0 amide bonds. The second-order valence-corrected chi connectivity index (χ2v) is 4.56. The van der Waals surface area contributed by atoms with E-state index in [0.717, 1.165) is 19.3 Å². The lowest BCUT2D eigenvalue weighted by atomic mass is 10.1. The number of unbranched alkanes of at least 4 members (excludes halogenated alkanes) is 2. The van der Waals surface area contributed by atoms with E-state index < -0.39 is 16.9 Å². The van der Waals surface area contributed by atoms with E-state index in [1.54, 1.807) is 0 Å². The van der Waals surface area contributed by atoms with Crippen LogP contribution in [0.3, 0.4) is 0 Å². The van der Waals surface area contributed by atoms with E-state index in [4.69, 9.17) is 4.74 Å². The van der Waals surface area contributed by atoms with Gasteiger partial charge in [-0.3, -0.25) is 9.59 Å². The highest BCUT2D eigenvalue weighted by molar-refractivity contribution is 9.10. The van der Waals surface area contributed by atoms with Gasteiger partial charge in [0, 0.05) is 6.92 Å². The summed E-state index contributed by atoms with van der Waals surface area (Å²) in [5.74, 6) is -0.794. The van der Waals surface area contributed by atoms with Crippen LogP contribution in [0.5, 0.6) is 0 Å². The molecule has 0 fully saturated rings. The molecule has 0 N–H and O–H groups in total. The molecule has 0 aliphatic heterocycles. The third-order valence-electron chi connectivity index (χ3n) is 2.16. The Kier molecular flexibility index (Phi) is 8.25. The van der Waals surface area contributed by atoms with Crippen LogP contribution >= 0.6 is 15.9 Å². The summed E-state index contributed by atoms with van der Waals surface area (Å²) in [6, 6.07) is 0. The van der Waals surface area contributed by atoms with Crippen molar-refractivity contribution in [3.63, 3.8) is 0 Å². The fourth-order valence-corrected chi connectivity index (χ4v) is 1.90. The van der Waals surface area contributed by atoms with Crippen molar-refractivity contribution in [2.45, 2.75) is 50.5 Å². The summed E-state index contributed by atoms with van der Waals surface area (Å²) in [7, 11) is 1.31. The van der Waals surface area contributed by atoms with Gasteiger partial charge in [0.05, 0.1) is 7.11 Å². The molecule has 0 aromatic carbocycles. The molecule has 16 heavy (non-hydrogen) atoms. The van der Waals surface area contributed by atoms with Crippen LogP contribution in [-0.4, -0.2) is 30.0 Å². The molecular weight excluding hydrogens is 276 g/mol. The smallest absolute Gasteiger partial charge is 0.323 e. The Morgan fingerprint density at radius 3 is 2.38 bits per heavy atom. The molecule has 0 spiro atoms. The van der Waals surface area contributed by atoms with Crippen LogP contribution in [0, 0.1) is 0 Å².